The summed E-state index contributed by atoms with van der Waals surface area (Å²) in [5.41, 5.74) is 0.855. The van der Waals surface area contributed by atoms with Gasteiger partial charge in [0.15, 0.2) is 0 Å². The average molecular weight is 319 g/mol. The number of nitrogens with zero attached hydrogens (tertiary/aromatic N) is 1. The van der Waals surface area contributed by atoms with E-state index in [1.54, 1.807) is 24.3 Å². The Balaban J connectivity index is 1.77. The molecule has 1 aliphatic heterocycles. The van der Waals surface area contributed by atoms with Gasteiger partial charge in [0.25, 0.3) is 11.8 Å². The monoisotopic (exact) mass is 319 g/mol. The number of urea groups is 1. The first-order chi connectivity index (χ1) is 11.1. The molecule has 0 aromatic heterocycles. The second-order valence-electron chi connectivity index (χ2n) is 5.35. The van der Waals surface area contributed by atoms with E-state index >= 15 is 0 Å². The van der Waals surface area contributed by atoms with E-state index in [4.69, 9.17) is 5.11 Å². The third kappa shape index (κ3) is 3.87. The van der Waals surface area contributed by atoms with Gasteiger partial charge in [-0.2, -0.15) is 0 Å². The second kappa shape index (κ2) is 7.73. The molecule has 0 aliphatic carbocycles. The third-order valence-electron chi connectivity index (χ3n) is 3.77. The lowest BCUT2D eigenvalue weighted by molar-refractivity contribution is 0.0653. The standard InChI is InChI=1S/C16H21N3O4/c1-2-11(10-20)18-16(23)17-8-5-9-19-14(21)12-6-3-4-7-13(12)15(19)22/h3-4,6-7,11,20H,2,5,8-10H2,1H3,(H2,17,18,23). The topological polar surface area (TPSA) is 98.7 Å². The van der Waals surface area contributed by atoms with E-state index in [1.165, 1.54) is 4.90 Å². The molecule has 0 fully saturated rings. The van der Waals surface area contributed by atoms with Gasteiger partial charge in [0.05, 0.1) is 23.8 Å². The highest BCUT2D eigenvalue weighted by atomic mass is 16.3. The molecule has 1 aliphatic rings. The summed E-state index contributed by atoms with van der Waals surface area (Å²) in [5, 5.41) is 14.3. The molecule has 4 amide bonds. The fourth-order valence-corrected chi connectivity index (χ4v) is 2.39. The summed E-state index contributed by atoms with van der Waals surface area (Å²) < 4.78 is 0. The molecule has 0 spiro atoms. The number of benzene rings is 1. The number of carbonyl (C=O) groups is 3. The van der Waals surface area contributed by atoms with Crippen LogP contribution in [0.25, 0.3) is 0 Å². The minimum Gasteiger partial charge on any atom is -0.394 e. The van der Waals surface area contributed by atoms with Gasteiger partial charge in [0.1, 0.15) is 0 Å². The molecular weight excluding hydrogens is 298 g/mol. The summed E-state index contributed by atoms with van der Waals surface area (Å²) in [4.78, 5) is 37.1. The number of hydrogen-bond acceptors (Lipinski definition) is 4. The summed E-state index contributed by atoms with van der Waals surface area (Å²) in [6, 6.07) is 6.09. The molecule has 1 heterocycles. The number of aliphatic hydroxyl groups excluding tert-OH is 1. The van der Waals surface area contributed by atoms with Gasteiger partial charge in [0, 0.05) is 13.1 Å². The van der Waals surface area contributed by atoms with E-state index in [0.717, 1.165) is 0 Å². The molecule has 0 radical (unpaired) electrons. The second-order valence-corrected chi connectivity index (χ2v) is 5.35. The number of nitrogens with one attached hydrogen (secondary N) is 2. The van der Waals surface area contributed by atoms with Crippen LogP contribution in [-0.2, 0) is 0 Å². The number of hydrogen-bond donors (Lipinski definition) is 3. The van der Waals surface area contributed by atoms with E-state index in [0.29, 0.717) is 30.5 Å². The van der Waals surface area contributed by atoms with Gasteiger partial charge in [0.2, 0.25) is 0 Å². The normalized spacial score (nSPS) is 14.6. The van der Waals surface area contributed by atoms with Crippen molar-refractivity contribution in [2.75, 3.05) is 19.7 Å². The highest BCUT2D eigenvalue weighted by Gasteiger charge is 2.34. The van der Waals surface area contributed by atoms with Gasteiger partial charge in [-0.1, -0.05) is 19.1 Å². The van der Waals surface area contributed by atoms with E-state index < -0.39 is 0 Å². The van der Waals surface area contributed by atoms with Crippen LogP contribution >= 0.6 is 0 Å². The summed E-state index contributed by atoms with van der Waals surface area (Å²) in [7, 11) is 0. The molecular formula is C16H21N3O4. The van der Waals surface area contributed by atoms with Crippen LogP contribution < -0.4 is 10.6 Å². The van der Waals surface area contributed by atoms with Gasteiger partial charge in [-0.25, -0.2) is 4.79 Å². The Morgan fingerprint density at radius 2 is 1.83 bits per heavy atom. The predicted octanol–water partition coefficient (Wildman–Crippen LogP) is 0.743. The zero-order chi connectivity index (χ0) is 16.8. The van der Waals surface area contributed by atoms with Crippen LogP contribution in [-0.4, -0.2) is 53.6 Å². The van der Waals surface area contributed by atoms with Crippen molar-refractivity contribution in [3.8, 4) is 0 Å². The van der Waals surface area contributed by atoms with Crippen molar-refractivity contribution in [2.45, 2.75) is 25.8 Å². The Morgan fingerprint density at radius 1 is 1.22 bits per heavy atom. The van der Waals surface area contributed by atoms with Crippen LogP contribution in [0.1, 0.15) is 40.5 Å². The van der Waals surface area contributed by atoms with Gasteiger partial charge >= 0.3 is 6.03 Å². The molecule has 1 atom stereocenters. The minimum absolute atomic E-state index is 0.112. The lowest BCUT2D eigenvalue weighted by Crippen LogP contribution is -2.44. The highest BCUT2D eigenvalue weighted by Crippen LogP contribution is 2.22. The number of imide groups is 1. The molecule has 124 valence electrons. The molecule has 2 rings (SSSR count). The minimum atomic E-state index is -0.367. The number of rotatable bonds is 7. The zero-order valence-corrected chi connectivity index (χ0v) is 13.0. The molecule has 1 unspecified atom stereocenters. The van der Waals surface area contributed by atoms with E-state index in [9.17, 15) is 14.4 Å². The molecule has 23 heavy (non-hydrogen) atoms. The molecule has 7 heteroatoms. The van der Waals surface area contributed by atoms with E-state index in [1.807, 2.05) is 6.92 Å². The Bertz CT molecular complexity index is 564. The number of aliphatic hydroxyl groups is 1. The Labute approximate surface area is 134 Å². The lowest BCUT2D eigenvalue weighted by Gasteiger charge is -2.16. The summed E-state index contributed by atoms with van der Waals surface area (Å²) in [6.07, 6.45) is 1.10. The summed E-state index contributed by atoms with van der Waals surface area (Å²) >= 11 is 0. The average Bonchev–Trinajstić information content (AvgIpc) is 2.81. The molecule has 1 aromatic rings. The Morgan fingerprint density at radius 3 is 2.35 bits per heavy atom. The van der Waals surface area contributed by atoms with Crippen LogP contribution in [0.3, 0.4) is 0 Å². The predicted molar refractivity (Wildman–Crippen MR) is 84.1 cm³/mol. The molecule has 7 nitrogen and oxygen atoms in total. The van der Waals surface area contributed by atoms with Crippen molar-refractivity contribution in [1.82, 2.24) is 15.5 Å². The van der Waals surface area contributed by atoms with Gasteiger partial charge in [-0.15, -0.1) is 0 Å². The number of carbonyl (C=O) groups excluding carboxylic acids is 3. The fraction of sp³-hybridized carbons (Fsp3) is 0.438. The summed E-state index contributed by atoms with van der Waals surface area (Å²) in [6.45, 7) is 2.34. The Kier molecular flexibility index (Phi) is 5.70. The van der Waals surface area contributed by atoms with Gasteiger partial charge in [-0.3, -0.25) is 14.5 Å². The maximum Gasteiger partial charge on any atom is 0.315 e. The van der Waals surface area contributed by atoms with Crippen molar-refractivity contribution in [1.29, 1.82) is 0 Å². The number of amides is 4. The van der Waals surface area contributed by atoms with Crippen LogP contribution in [0, 0.1) is 0 Å². The van der Waals surface area contributed by atoms with E-state index in [2.05, 4.69) is 10.6 Å². The van der Waals surface area contributed by atoms with Crippen LogP contribution in [0.15, 0.2) is 24.3 Å². The van der Waals surface area contributed by atoms with Gasteiger partial charge < -0.3 is 15.7 Å². The molecule has 0 saturated carbocycles. The Hall–Kier alpha value is -2.41. The SMILES string of the molecule is CCC(CO)NC(=O)NCCCN1C(=O)c2ccccc2C1=O. The largest absolute Gasteiger partial charge is 0.394 e. The third-order valence-corrected chi connectivity index (χ3v) is 3.77. The molecule has 0 saturated heterocycles. The van der Waals surface area contributed by atoms with Crippen molar-refractivity contribution in [2.24, 2.45) is 0 Å². The molecule has 0 bridgehead atoms. The first-order valence-corrected chi connectivity index (χ1v) is 7.69. The fourth-order valence-electron chi connectivity index (χ4n) is 2.39. The smallest absolute Gasteiger partial charge is 0.315 e. The first-order valence-electron chi connectivity index (χ1n) is 7.69. The van der Waals surface area contributed by atoms with Crippen LogP contribution in [0.2, 0.25) is 0 Å². The van der Waals surface area contributed by atoms with E-state index in [-0.39, 0.29) is 37.0 Å². The van der Waals surface area contributed by atoms with Gasteiger partial charge in [-0.05, 0) is 25.0 Å². The van der Waals surface area contributed by atoms with Crippen molar-refractivity contribution >= 4 is 17.8 Å². The van der Waals surface area contributed by atoms with Crippen LogP contribution in [0.5, 0.6) is 0 Å². The highest BCUT2D eigenvalue weighted by molar-refractivity contribution is 6.21. The zero-order valence-electron chi connectivity index (χ0n) is 13.0. The summed E-state index contributed by atoms with van der Waals surface area (Å²) in [5.74, 6) is -0.581. The first kappa shape index (κ1) is 17.0. The quantitative estimate of drug-likeness (QED) is 0.510. The van der Waals surface area contributed by atoms with Crippen LogP contribution in [0.4, 0.5) is 4.79 Å². The van der Waals surface area contributed by atoms with Crippen molar-refractivity contribution in [3.63, 3.8) is 0 Å². The van der Waals surface area contributed by atoms with Crippen molar-refractivity contribution < 1.29 is 19.5 Å². The van der Waals surface area contributed by atoms with Crippen molar-refractivity contribution in [3.05, 3.63) is 35.4 Å². The molecule has 3 N–H and O–H groups in total. The lowest BCUT2D eigenvalue weighted by atomic mass is 10.1. The maximum absolute atomic E-state index is 12.1. The number of fused-ring (bicyclic) bond motifs is 1. The maximum atomic E-state index is 12.1. The molecule has 1 aromatic carbocycles.